The Kier molecular flexibility index (Phi) is 6.89. The van der Waals surface area contributed by atoms with Gasteiger partial charge >= 0.3 is 0 Å². The van der Waals surface area contributed by atoms with Crippen LogP contribution in [0, 0.1) is 0 Å². The smallest absolute Gasteiger partial charge is 0.220 e. The molecule has 0 aromatic heterocycles. The molecule has 17 heavy (non-hydrogen) atoms. The van der Waals surface area contributed by atoms with Crippen LogP contribution in [0.2, 0.25) is 0 Å². The van der Waals surface area contributed by atoms with Gasteiger partial charge in [-0.1, -0.05) is 46.3 Å². The fraction of sp³-hybridized carbons (Fsp3) is 0.462. The lowest BCUT2D eigenvalue weighted by Gasteiger charge is -2.15. The Hall–Kier alpha value is -0.870. The van der Waals surface area contributed by atoms with Gasteiger partial charge in [-0.05, 0) is 12.0 Å². The normalized spacial score (nSPS) is 12.1. The number of methoxy groups -OCH3 is 1. The van der Waals surface area contributed by atoms with Gasteiger partial charge < -0.3 is 10.1 Å². The number of hydrogen-bond donors (Lipinski definition) is 1. The van der Waals surface area contributed by atoms with E-state index in [-0.39, 0.29) is 11.9 Å². The van der Waals surface area contributed by atoms with Gasteiger partial charge in [0.1, 0.15) is 0 Å². The van der Waals surface area contributed by atoms with Crippen LogP contribution in [-0.4, -0.2) is 31.0 Å². The van der Waals surface area contributed by atoms with Gasteiger partial charge in [0.15, 0.2) is 0 Å². The molecule has 0 aliphatic carbocycles. The highest BCUT2D eigenvalue weighted by Crippen LogP contribution is 2.02. The number of halogens is 1. The summed E-state index contributed by atoms with van der Waals surface area (Å²) < 4.78 is 5.01. The Morgan fingerprint density at radius 3 is 2.71 bits per heavy atom. The van der Waals surface area contributed by atoms with Crippen molar-refractivity contribution in [2.75, 3.05) is 19.0 Å². The predicted molar refractivity (Wildman–Crippen MR) is 72.4 cm³/mol. The van der Waals surface area contributed by atoms with Crippen molar-refractivity contribution in [2.45, 2.75) is 18.9 Å². The monoisotopic (exact) mass is 299 g/mol. The minimum absolute atomic E-state index is 0.0447. The van der Waals surface area contributed by atoms with E-state index >= 15 is 0 Å². The van der Waals surface area contributed by atoms with Crippen LogP contribution in [0.1, 0.15) is 12.0 Å². The molecule has 1 aromatic rings. The van der Waals surface area contributed by atoms with E-state index in [0.29, 0.717) is 18.4 Å². The molecule has 0 saturated heterocycles. The van der Waals surface area contributed by atoms with Gasteiger partial charge in [0.05, 0.1) is 12.6 Å². The molecule has 94 valence electrons. The minimum atomic E-state index is 0.0447. The number of alkyl halides is 1. The van der Waals surface area contributed by atoms with Crippen LogP contribution in [0.4, 0.5) is 0 Å². The summed E-state index contributed by atoms with van der Waals surface area (Å²) in [6, 6.07) is 10.1. The lowest BCUT2D eigenvalue weighted by molar-refractivity contribution is -0.121. The fourth-order valence-corrected chi connectivity index (χ4v) is 1.88. The summed E-state index contributed by atoms with van der Waals surface area (Å²) >= 11 is 3.35. The molecular weight excluding hydrogens is 282 g/mol. The van der Waals surface area contributed by atoms with Crippen molar-refractivity contribution in [2.24, 2.45) is 0 Å². The first-order chi connectivity index (χ1) is 8.26. The number of benzene rings is 1. The second-order valence-corrected chi connectivity index (χ2v) is 4.51. The summed E-state index contributed by atoms with van der Waals surface area (Å²) in [5.74, 6) is 0.0651. The molecule has 0 aliphatic rings. The van der Waals surface area contributed by atoms with Crippen LogP contribution in [0.5, 0.6) is 0 Å². The number of amides is 1. The molecule has 4 heteroatoms. The molecule has 1 amide bonds. The molecule has 1 rings (SSSR count). The molecule has 0 spiro atoms. The molecule has 3 nitrogen and oxygen atoms in total. The molecule has 0 saturated carbocycles. The van der Waals surface area contributed by atoms with E-state index in [9.17, 15) is 4.79 Å². The van der Waals surface area contributed by atoms with Crippen molar-refractivity contribution in [1.29, 1.82) is 0 Å². The standard InChI is InChI=1S/C13H18BrNO2/c1-17-10-12(9-14)15-13(16)8-7-11-5-3-2-4-6-11/h2-6,12H,7-10H2,1H3,(H,15,16). The molecule has 1 aromatic carbocycles. The lowest BCUT2D eigenvalue weighted by atomic mass is 10.1. The second-order valence-electron chi connectivity index (χ2n) is 3.86. The van der Waals surface area contributed by atoms with Crippen LogP contribution < -0.4 is 5.32 Å². The van der Waals surface area contributed by atoms with Crippen LogP contribution >= 0.6 is 15.9 Å². The third kappa shape index (κ3) is 5.84. The highest BCUT2D eigenvalue weighted by Gasteiger charge is 2.10. The highest BCUT2D eigenvalue weighted by molar-refractivity contribution is 9.09. The van der Waals surface area contributed by atoms with E-state index in [1.807, 2.05) is 30.3 Å². The molecule has 0 heterocycles. The van der Waals surface area contributed by atoms with E-state index in [1.165, 1.54) is 5.56 Å². The summed E-state index contributed by atoms with van der Waals surface area (Å²) in [7, 11) is 1.63. The molecule has 0 fully saturated rings. The van der Waals surface area contributed by atoms with Crippen LogP contribution in [0.15, 0.2) is 30.3 Å². The number of carbonyl (C=O) groups excluding carboxylic acids is 1. The third-order valence-electron chi connectivity index (χ3n) is 2.40. The first-order valence-electron chi connectivity index (χ1n) is 5.64. The molecule has 1 atom stereocenters. The van der Waals surface area contributed by atoms with Crippen molar-refractivity contribution < 1.29 is 9.53 Å². The molecular formula is C13H18BrNO2. The lowest BCUT2D eigenvalue weighted by Crippen LogP contribution is -2.39. The summed E-state index contributed by atoms with van der Waals surface area (Å²) in [5, 5.41) is 3.63. The van der Waals surface area contributed by atoms with Gasteiger partial charge in [-0.2, -0.15) is 0 Å². The van der Waals surface area contributed by atoms with Crippen molar-refractivity contribution in [1.82, 2.24) is 5.32 Å². The number of ether oxygens (including phenoxy) is 1. The SMILES string of the molecule is COCC(CBr)NC(=O)CCc1ccccc1. The van der Waals surface area contributed by atoms with Crippen molar-refractivity contribution in [3.8, 4) is 0 Å². The van der Waals surface area contributed by atoms with Gasteiger partial charge in [0.2, 0.25) is 5.91 Å². The maximum atomic E-state index is 11.7. The first-order valence-corrected chi connectivity index (χ1v) is 6.76. The number of hydrogen-bond acceptors (Lipinski definition) is 2. The van der Waals surface area contributed by atoms with Gasteiger partial charge in [-0.25, -0.2) is 0 Å². The van der Waals surface area contributed by atoms with Gasteiger partial charge in [-0.3, -0.25) is 4.79 Å². The van der Waals surface area contributed by atoms with E-state index in [2.05, 4.69) is 21.2 Å². The summed E-state index contributed by atoms with van der Waals surface area (Å²) in [6.45, 7) is 0.530. The largest absolute Gasteiger partial charge is 0.383 e. The van der Waals surface area contributed by atoms with Gasteiger partial charge in [0.25, 0.3) is 0 Å². The van der Waals surface area contributed by atoms with Crippen LogP contribution in [-0.2, 0) is 16.0 Å². The van der Waals surface area contributed by atoms with E-state index in [1.54, 1.807) is 7.11 Å². The molecule has 0 bridgehead atoms. The summed E-state index contributed by atoms with van der Waals surface area (Å²) in [5.41, 5.74) is 1.18. The Balaban J connectivity index is 2.30. The topological polar surface area (TPSA) is 38.3 Å². The van der Waals surface area contributed by atoms with Crippen LogP contribution in [0.25, 0.3) is 0 Å². The molecule has 0 aliphatic heterocycles. The Morgan fingerprint density at radius 1 is 1.41 bits per heavy atom. The molecule has 1 unspecified atom stereocenters. The maximum absolute atomic E-state index is 11.7. The number of nitrogens with one attached hydrogen (secondary N) is 1. The Morgan fingerprint density at radius 2 is 2.12 bits per heavy atom. The fourth-order valence-electron chi connectivity index (χ4n) is 1.53. The minimum Gasteiger partial charge on any atom is -0.383 e. The average molecular weight is 300 g/mol. The van der Waals surface area contributed by atoms with Crippen LogP contribution in [0.3, 0.4) is 0 Å². The number of rotatable bonds is 7. The average Bonchev–Trinajstić information content (AvgIpc) is 2.37. The molecule has 1 N–H and O–H groups in total. The van der Waals surface area contributed by atoms with E-state index < -0.39 is 0 Å². The van der Waals surface area contributed by atoms with Gasteiger partial charge in [-0.15, -0.1) is 0 Å². The van der Waals surface area contributed by atoms with E-state index in [4.69, 9.17) is 4.74 Å². The third-order valence-corrected chi connectivity index (χ3v) is 3.18. The predicted octanol–water partition coefficient (Wildman–Crippen LogP) is 2.15. The maximum Gasteiger partial charge on any atom is 0.220 e. The second kappa shape index (κ2) is 8.25. The number of aryl methyl sites for hydroxylation is 1. The van der Waals surface area contributed by atoms with Crippen molar-refractivity contribution >= 4 is 21.8 Å². The summed E-state index contributed by atoms with van der Waals surface area (Å²) in [6.07, 6.45) is 1.28. The summed E-state index contributed by atoms with van der Waals surface area (Å²) in [4.78, 5) is 11.7. The Labute approximate surface area is 111 Å². The van der Waals surface area contributed by atoms with E-state index in [0.717, 1.165) is 6.42 Å². The Bertz CT molecular complexity index is 329. The zero-order valence-corrected chi connectivity index (χ0v) is 11.6. The zero-order chi connectivity index (χ0) is 12.5. The van der Waals surface area contributed by atoms with Gasteiger partial charge in [0, 0.05) is 18.9 Å². The highest BCUT2D eigenvalue weighted by atomic mass is 79.9. The quantitative estimate of drug-likeness (QED) is 0.784. The van der Waals surface area contributed by atoms with Crippen molar-refractivity contribution in [3.05, 3.63) is 35.9 Å². The van der Waals surface area contributed by atoms with Crippen molar-refractivity contribution in [3.63, 3.8) is 0 Å². The molecule has 0 radical (unpaired) electrons. The number of carbonyl (C=O) groups is 1. The first kappa shape index (κ1) is 14.2. The zero-order valence-electron chi connectivity index (χ0n) is 9.99.